The molecule has 1 fully saturated rings. The van der Waals surface area contributed by atoms with Gasteiger partial charge >= 0.3 is 0 Å². The SMILES string of the molecule is CC(C)(C[C@@H]1C(=O)C=C[C@]2(CC(=O)N2OCc2ccccc2)[C@@H]1O)[Si](C)(C)O. The second-order valence-corrected chi connectivity index (χ2v) is 13.5. The minimum absolute atomic E-state index is 0.101. The van der Waals surface area contributed by atoms with Crippen LogP contribution in [-0.2, 0) is 21.0 Å². The molecule has 1 heterocycles. The van der Waals surface area contributed by atoms with Gasteiger partial charge in [0, 0.05) is 0 Å². The number of nitrogens with zero attached hydrogens (tertiary/aromatic N) is 1. The Morgan fingerprint density at radius 2 is 1.89 bits per heavy atom. The molecule has 0 radical (unpaired) electrons. The van der Waals surface area contributed by atoms with E-state index in [0.717, 1.165) is 5.56 Å². The van der Waals surface area contributed by atoms with Gasteiger partial charge in [-0.25, -0.2) is 5.06 Å². The average Bonchev–Trinajstić information content (AvgIpc) is 2.61. The molecule has 0 bridgehead atoms. The number of β-lactam (4-membered cyclic amide) rings is 1. The molecule has 2 N–H and O–H groups in total. The molecular weight excluding hydrogens is 374 g/mol. The van der Waals surface area contributed by atoms with E-state index in [9.17, 15) is 19.5 Å². The van der Waals surface area contributed by atoms with E-state index in [2.05, 4.69) is 0 Å². The molecular formula is C21H29NO5Si. The van der Waals surface area contributed by atoms with Crippen molar-refractivity contribution in [2.24, 2.45) is 5.92 Å². The summed E-state index contributed by atoms with van der Waals surface area (Å²) in [6, 6.07) is 9.47. The number of carbonyl (C=O) groups excluding carboxylic acids is 2. The van der Waals surface area contributed by atoms with Gasteiger partial charge in [0.15, 0.2) is 14.1 Å². The monoisotopic (exact) mass is 403 g/mol. The van der Waals surface area contributed by atoms with Crippen molar-refractivity contribution in [3.63, 3.8) is 0 Å². The number of hydroxylamine groups is 2. The van der Waals surface area contributed by atoms with Crippen molar-refractivity contribution in [1.82, 2.24) is 5.06 Å². The summed E-state index contributed by atoms with van der Waals surface area (Å²) >= 11 is 0. The Morgan fingerprint density at radius 3 is 2.46 bits per heavy atom. The third kappa shape index (κ3) is 3.59. The number of hydrogen-bond acceptors (Lipinski definition) is 5. The van der Waals surface area contributed by atoms with E-state index in [-0.39, 0.29) is 24.7 Å². The number of rotatable bonds is 6. The van der Waals surface area contributed by atoms with E-state index < -0.39 is 30.9 Å². The molecule has 3 atom stereocenters. The van der Waals surface area contributed by atoms with Gasteiger partial charge in [0.2, 0.25) is 5.91 Å². The lowest BCUT2D eigenvalue weighted by Gasteiger charge is -2.54. The summed E-state index contributed by atoms with van der Waals surface area (Å²) in [6.07, 6.45) is 2.43. The summed E-state index contributed by atoms with van der Waals surface area (Å²) in [6.45, 7) is 7.73. The van der Waals surface area contributed by atoms with Crippen LogP contribution in [0.5, 0.6) is 0 Å². The zero-order valence-electron chi connectivity index (χ0n) is 16.9. The van der Waals surface area contributed by atoms with Crippen LogP contribution >= 0.6 is 0 Å². The quantitative estimate of drug-likeness (QED) is 0.563. The van der Waals surface area contributed by atoms with Gasteiger partial charge in [0.25, 0.3) is 0 Å². The summed E-state index contributed by atoms with van der Waals surface area (Å²) in [4.78, 5) is 41.1. The van der Waals surface area contributed by atoms with Gasteiger partial charge in [0.05, 0.1) is 18.4 Å². The van der Waals surface area contributed by atoms with Gasteiger partial charge in [-0.2, -0.15) is 0 Å². The van der Waals surface area contributed by atoms with Gasteiger partial charge in [-0.3, -0.25) is 14.4 Å². The Balaban J connectivity index is 1.80. The van der Waals surface area contributed by atoms with Gasteiger partial charge in [0.1, 0.15) is 12.1 Å². The van der Waals surface area contributed by atoms with Crippen LogP contribution in [0.4, 0.5) is 0 Å². The first-order valence-corrected chi connectivity index (χ1v) is 12.6. The molecule has 28 heavy (non-hydrogen) atoms. The highest BCUT2D eigenvalue weighted by molar-refractivity contribution is 6.72. The molecule has 1 aromatic rings. The fraction of sp³-hybridized carbons (Fsp3) is 0.524. The number of carbonyl (C=O) groups is 2. The molecule has 1 amide bonds. The van der Waals surface area contributed by atoms with Crippen molar-refractivity contribution in [3.05, 3.63) is 48.0 Å². The van der Waals surface area contributed by atoms with E-state index >= 15 is 0 Å². The Hall–Kier alpha value is -1.80. The summed E-state index contributed by atoms with van der Waals surface area (Å²) in [7, 11) is -2.56. The van der Waals surface area contributed by atoms with Gasteiger partial charge in [-0.1, -0.05) is 44.2 Å². The molecule has 0 unspecified atom stereocenters. The third-order valence-electron chi connectivity index (χ3n) is 6.42. The molecule has 152 valence electrons. The molecule has 2 aliphatic rings. The van der Waals surface area contributed by atoms with Crippen LogP contribution in [0, 0.1) is 5.92 Å². The molecule has 1 aliphatic carbocycles. The number of amides is 1. The maximum atomic E-state index is 12.5. The number of ketones is 1. The lowest BCUT2D eigenvalue weighted by atomic mass is 9.68. The summed E-state index contributed by atoms with van der Waals surface area (Å²) < 4.78 is 0. The van der Waals surface area contributed by atoms with Gasteiger partial charge in [-0.15, -0.1) is 0 Å². The number of aliphatic hydroxyl groups is 1. The van der Waals surface area contributed by atoms with E-state index in [1.807, 2.05) is 57.3 Å². The Kier molecular flexibility index (Phi) is 5.40. The van der Waals surface area contributed by atoms with E-state index in [1.54, 1.807) is 6.08 Å². The Labute approximate surface area is 166 Å². The van der Waals surface area contributed by atoms with Gasteiger partial charge < -0.3 is 9.90 Å². The molecule has 1 saturated heterocycles. The standard InChI is InChI=1S/C21H29NO5Si/c1-20(2,28(3,4)26)12-16-17(23)10-11-21(19(16)25)13-18(24)22(21)27-14-15-8-6-5-7-9-15/h5-11,16,19,25-26H,12-14H2,1-4H3/t16-,19-,21+/m1/s1. The van der Waals surface area contributed by atoms with Gasteiger partial charge in [-0.05, 0) is 42.3 Å². The normalized spacial score (nSPS) is 28.0. The van der Waals surface area contributed by atoms with Crippen molar-refractivity contribution in [2.75, 3.05) is 0 Å². The van der Waals surface area contributed by atoms with Crippen LogP contribution in [-0.4, -0.2) is 46.6 Å². The fourth-order valence-electron chi connectivity index (χ4n) is 3.75. The van der Waals surface area contributed by atoms with Crippen molar-refractivity contribution < 1.29 is 24.3 Å². The molecule has 1 spiro atoms. The smallest absolute Gasteiger partial charge is 0.249 e. The highest BCUT2D eigenvalue weighted by Gasteiger charge is 2.60. The number of aliphatic hydroxyl groups excluding tert-OH is 1. The van der Waals surface area contributed by atoms with Crippen LogP contribution in [0.15, 0.2) is 42.5 Å². The summed E-state index contributed by atoms with van der Waals surface area (Å²) in [5, 5.41) is 11.9. The van der Waals surface area contributed by atoms with Crippen LogP contribution in [0.1, 0.15) is 32.3 Å². The highest BCUT2D eigenvalue weighted by Crippen LogP contribution is 2.48. The highest BCUT2D eigenvalue weighted by atomic mass is 28.4. The molecule has 3 rings (SSSR count). The molecule has 1 aliphatic heterocycles. The zero-order valence-corrected chi connectivity index (χ0v) is 17.9. The molecule has 0 aromatic heterocycles. The minimum Gasteiger partial charge on any atom is -0.432 e. The first-order valence-electron chi connectivity index (χ1n) is 9.61. The molecule has 7 heteroatoms. The zero-order chi connectivity index (χ0) is 20.7. The Morgan fingerprint density at radius 1 is 1.25 bits per heavy atom. The predicted octanol–water partition coefficient (Wildman–Crippen LogP) is 2.57. The second kappa shape index (κ2) is 7.22. The number of benzene rings is 1. The van der Waals surface area contributed by atoms with Crippen LogP contribution in [0.3, 0.4) is 0 Å². The van der Waals surface area contributed by atoms with E-state index in [0.29, 0.717) is 6.42 Å². The second-order valence-electron chi connectivity index (χ2n) is 9.05. The average molecular weight is 404 g/mol. The molecule has 6 nitrogen and oxygen atoms in total. The van der Waals surface area contributed by atoms with E-state index in [1.165, 1.54) is 11.1 Å². The minimum atomic E-state index is -2.56. The maximum absolute atomic E-state index is 12.5. The third-order valence-corrected chi connectivity index (χ3v) is 9.94. The lowest BCUT2D eigenvalue weighted by molar-refractivity contribution is -0.273. The first-order chi connectivity index (χ1) is 13.0. The topological polar surface area (TPSA) is 87.1 Å². The fourth-order valence-corrected chi connectivity index (χ4v) is 4.47. The maximum Gasteiger partial charge on any atom is 0.249 e. The first kappa shape index (κ1) is 20.9. The van der Waals surface area contributed by atoms with Crippen molar-refractivity contribution in [1.29, 1.82) is 0 Å². The van der Waals surface area contributed by atoms with Crippen molar-refractivity contribution in [2.45, 2.75) is 63.1 Å². The predicted molar refractivity (Wildman–Crippen MR) is 107 cm³/mol. The summed E-state index contributed by atoms with van der Waals surface area (Å²) in [5.41, 5.74) is -0.116. The molecule has 0 saturated carbocycles. The summed E-state index contributed by atoms with van der Waals surface area (Å²) in [5.74, 6) is -1.08. The van der Waals surface area contributed by atoms with Crippen LogP contribution < -0.4 is 0 Å². The van der Waals surface area contributed by atoms with Crippen LogP contribution in [0.2, 0.25) is 18.1 Å². The Bertz CT molecular complexity index is 786. The van der Waals surface area contributed by atoms with E-state index in [4.69, 9.17) is 4.84 Å². The molecule has 1 aromatic carbocycles. The largest absolute Gasteiger partial charge is 0.432 e. The number of allylic oxidation sites excluding steroid dienone is 1. The lowest BCUT2D eigenvalue weighted by Crippen LogP contribution is -2.71. The number of hydrogen-bond donors (Lipinski definition) is 2. The van der Waals surface area contributed by atoms with Crippen LogP contribution in [0.25, 0.3) is 0 Å². The van der Waals surface area contributed by atoms with Crippen molar-refractivity contribution >= 4 is 20.0 Å². The van der Waals surface area contributed by atoms with Crippen molar-refractivity contribution in [3.8, 4) is 0 Å².